The second-order valence-corrected chi connectivity index (χ2v) is 4.41. The first-order chi connectivity index (χ1) is 6.83. The monoisotopic (exact) mass is 206 g/mol. The molecule has 0 spiro atoms. The van der Waals surface area contributed by atoms with Crippen molar-refractivity contribution in [2.24, 2.45) is 5.92 Å². The molecule has 14 heavy (non-hydrogen) atoms. The van der Waals surface area contributed by atoms with Crippen LogP contribution in [0.25, 0.3) is 11.0 Å². The van der Waals surface area contributed by atoms with Gasteiger partial charge in [-0.25, -0.2) is 4.98 Å². The Morgan fingerprint density at radius 1 is 1.50 bits per heavy atom. The van der Waals surface area contributed by atoms with Gasteiger partial charge in [-0.2, -0.15) is 0 Å². The van der Waals surface area contributed by atoms with Gasteiger partial charge >= 0.3 is 0 Å². The van der Waals surface area contributed by atoms with Gasteiger partial charge in [0.05, 0.1) is 5.02 Å². The molecule has 1 fully saturated rings. The van der Waals surface area contributed by atoms with Crippen molar-refractivity contribution in [3.63, 3.8) is 0 Å². The fraction of sp³-hybridized carbons (Fsp3) is 0.364. The fourth-order valence-corrected chi connectivity index (χ4v) is 1.94. The van der Waals surface area contributed by atoms with E-state index in [1.807, 2.05) is 6.07 Å². The Hall–Kier alpha value is -1.02. The van der Waals surface area contributed by atoms with Crippen molar-refractivity contribution < 1.29 is 0 Å². The molecule has 2 aromatic heterocycles. The lowest BCUT2D eigenvalue weighted by Gasteiger charge is -2.02. The highest BCUT2D eigenvalue weighted by Gasteiger charge is 2.22. The Labute approximate surface area is 87.5 Å². The largest absolute Gasteiger partial charge is 0.332 e. The average Bonchev–Trinajstić information content (AvgIpc) is 2.89. The summed E-state index contributed by atoms with van der Waals surface area (Å²) < 4.78 is 2.23. The van der Waals surface area contributed by atoms with E-state index in [2.05, 4.69) is 21.8 Å². The molecule has 0 unspecified atom stereocenters. The first-order valence-corrected chi connectivity index (χ1v) is 5.31. The molecule has 3 heteroatoms. The molecule has 0 bridgehead atoms. The number of aromatic nitrogens is 2. The van der Waals surface area contributed by atoms with Crippen LogP contribution in [0.15, 0.2) is 24.5 Å². The summed E-state index contributed by atoms with van der Waals surface area (Å²) in [6.07, 6.45) is 6.56. The second kappa shape index (κ2) is 2.99. The third kappa shape index (κ3) is 1.40. The number of nitrogens with zero attached hydrogens (tertiary/aromatic N) is 2. The van der Waals surface area contributed by atoms with Gasteiger partial charge in [0.15, 0.2) is 0 Å². The van der Waals surface area contributed by atoms with Crippen LogP contribution in [-0.4, -0.2) is 9.55 Å². The molecule has 1 aliphatic rings. The molecular formula is C11H11ClN2. The zero-order valence-electron chi connectivity index (χ0n) is 7.78. The van der Waals surface area contributed by atoms with E-state index in [0.29, 0.717) is 5.02 Å². The molecule has 2 aromatic rings. The first-order valence-electron chi connectivity index (χ1n) is 4.93. The van der Waals surface area contributed by atoms with Crippen molar-refractivity contribution in [1.82, 2.24) is 9.55 Å². The molecule has 2 heterocycles. The van der Waals surface area contributed by atoms with Crippen LogP contribution >= 0.6 is 11.6 Å². The highest BCUT2D eigenvalue weighted by atomic mass is 35.5. The van der Waals surface area contributed by atoms with Gasteiger partial charge in [-0.1, -0.05) is 11.6 Å². The van der Waals surface area contributed by atoms with Crippen molar-refractivity contribution in [2.75, 3.05) is 0 Å². The third-order valence-corrected chi connectivity index (χ3v) is 2.93. The van der Waals surface area contributed by atoms with E-state index >= 15 is 0 Å². The summed E-state index contributed by atoms with van der Waals surface area (Å²) in [6, 6.07) is 4.05. The van der Waals surface area contributed by atoms with Crippen LogP contribution in [0.3, 0.4) is 0 Å². The molecule has 0 saturated heterocycles. The quantitative estimate of drug-likeness (QED) is 0.739. The van der Waals surface area contributed by atoms with Crippen LogP contribution in [0.5, 0.6) is 0 Å². The molecule has 0 aliphatic heterocycles. The molecule has 1 saturated carbocycles. The van der Waals surface area contributed by atoms with E-state index in [9.17, 15) is 0 Å². The van der Waals surface area contributed by atoms with Gasteiger partial charge in [0.2, 0.25) is 0 Å². The average molecular weight is 207 g/mol. The van der Waals surface area contributed by atoms with Gasteiger partial charge in [0.1, 0.15) is 5.65 Å². The van der Waals surface area contributed by atoms with Gasteiger partial charge in [-0.15, -0.1) is 0 Å². The lowest BCUT2D eigenvalue weighted by atomic mass is 10.3. The first kappa shape index (κ1) is 8.30. The van der Waals surface area contributed by atoms with Crippen molar-refractivity contribution >= 4 is 22.6 Å². The van der Waals surface area contributed by atoms with Crippen molar-refractivity contribution in [3.05, 3.63) is 29.5 Å². The molecule has 0 N–H and O–H groups in total. The van der Waals surface area contributed by atoms with E-state index in [1.165, 1.54) is 12.8 Å². The van der Waals surface area contributed by atoms with E-state index < -0.39 is 0 Å². The van der Waals surface area contributed by atoms with Crippen LogP contribution in [0, 0.1) is 5.92 Å². The van der Waals surface area contributed by atoms with E-state index in [1.54, 1.807) is 6.20 Å². The summed E-state index contributed by atoms with van der Waals surface area (Å²) >= 11 is 5.87. The van der Waals surface area contributed by atoms with Gasteiger partial charge in [-0.05, 0) is 30.9 Å². The Kier molecular flexibility index (Phi) is 1.77. The predicted molar refractivity (Wildman–Crippen MR) is 57.5 cm³/mol. The normalized spacial score (nSPS) is 16.4. The SMILES string of the molecule is Clc1cnc2c(ccn2CC2CC2)c1. The van der Waals surface area contributed by atoms with E-state index in [0.717, 1.165) is 23.5 Å². The van der Waals surface area contributed by atoms with Gasteiger partial charge in [0.25, 0.3) is 0 Å². The molecular weight excluding hydrogens is 196 g/mol. The van der Waals surface area contributed by atoms with E-state index in [-0.39, 0.29) is 0 Å². The van der Waals surface area contributed by atoms with Crippen LogP contribution < -0.4 is 0 Å². The van der Waals surface area contributed by atoms with Crippen molar-refractivity contribution in [3.8, 4) is 0 Å². The molecule has 72 valence electrons. The summed E-state index contributed by atoms with van der Waals surface area (Å²) in [5.74, 6) is 0.878. The van der Waals surface area contributed by atoms with Crippen LogP contribution in [-0.2, 0) is 6.54 Å². The molecule has 1 aliphatic carbocycles. The molecule has 0 radical (unpaired) electrons. The summed E-state index contributed by atoms with van der Waals surface area (Å²) in [6.45, 7) is 1.11. The Morgan fingerprint density at radius 2 is 2.36 bits per heavy atom. The summed E-state index contributed by atoms with van der Waals surface area (Å²) in [5.41, 5.74) is 1.06. The fourth-order valence-electron chi connectivity index (χ4n) is 1.78. The summed E-state index contributed by atoms with van der Waals surface area (Å²) in [4.78, 5) is 4.35. The highest BCUT2D eigenvalue weighted by molar-refractivity contribution is 6.31. The minimum absolute atomic E-state index is 0.710. The topological polar surface area (TPSA) is 17.8 Å². The zero-order chi connectivity index (χ0) is 9.54. The number of halogens is 1. The summed E-state index contributed by atoms with van der Waals surface area (Å²) in [5, 5.41) is 1.85. The Morgan fingerprint density at radius 3 is 3.14 bits per heavy atom. The lowest BCUT2D eigenvalue weighted by Crippen LogP contribution is -1.98. The molecule has 0 atom stereocenters. The number of hydrogen-bond acceptors (Lipinski definition) is 1. The predicted octanol–water partition coefficient (Wildman–Crippen LogP) is 3.10. The maximum atomic E-state index is 5.87. The number of fused-ring (bicyclic) bond motifs is 1. The molecule has 0 amide bonds. The van der Waals surface area contributed by atoms with E-state index in [4.69, 9.17) is 11.6 Å². The van der Waals surface area contributed by atoms with Crippen LogP contribution in [0.4, 0.5) is 0 Å². The minimum Gasteiger partial charge on any atom is -0.332 e. The molecule has 0 aromatic carbocycles. The maximum Gasteiger partial charge on any atom is 0.139 e. The van der Waals surface area contributed by atoms with Gasteiger partial charge < -0.3 is 4.57 Å². The molecule has 2 nitrogen and oxygen atoms in total. The number of pyridine rings is 1. The standard InChI is InChI=1S/C11H11ClN2/c12-10-5-9-3-4-14(7-8-1-2-8)11(9)13-6-10/h3-6,8H,1-2,7H2. The highest BCUT2D eigenvalue weighted by Crippen LogP contribution is 2.31. The third-order valence-electron chi connectivity index (χ3n) is 2.72. The number of hydrogen-bond donors (Lipinski definition) is 0. The van der Waals surface area contributed by atoms with Crippen molar-refractivity contribution in [1.29, 1.82) is 0 Å². The second-order valence-electron chi connectivity index (χ2n) is 3.98. The smallest absolute Gasteiger partial charge is 0.139 e. The van der Waals surface area contributed by atoms with Crippen molar-refractivity contribution in [2.45, 2.75) is 19.4 Å². The summed E-state index contributed by atoms with van der Waals surface area (Å²) in [7, 11) is 0. The van der Waals surface area contributed by atoms with Crippen LogP contribution in [0.2, 0.25) is 5.02 Å². The zero-order valence-corrected chi connectivity index (χ0v) is 8.54. The Bertz CT molecular complexity index is 471. The lowest BCUT2D eigenvalue weighted by molar-refractivity contribution is 0.643. The van der Waals surface area contributed by atoms with Crippen LogP contribution in [0.1, 0.15) is 12.8 Å². The minimum atomic E-state index is 0.710. The maximum absolute atomic E-state index is 5.87. The molecule has 3 rings (SSSR count). The van der Waals surface area contributed by atoms with Gasteiger partial charge in [0, 0.05) is 24.3 Å². The van der Waals surface area contributed by atoms with Gasteiger partial charge in [-0.3, -0.25) is 0 Å². The Balaban J connectivity index is 2.06. The number of rotatable bonds is 2.